The largest absolute Gasteiger partial charge is 0.744 e. The van der Waals surface area contributed by atoms with Crippen LogP contribution in [0.15, 0.2) is 124 Å². The fourth-order valence-corrected chi connectivity index (χ4v) is 8.20. The number of anilines is 1. The van der Waals surface area contributed by atoms with Crippen LogP contribution in [0, 0.1) is 6.92 Å². The summed E-state index contributed by atoms with van der Waals surface area (Å²) < 4.78 is 34.9. The number of fused-ring (bicyclic) bond motifs is 4. The van der Waals surface area contributed by atoms with Gasteiger partial charge in [-0.2, -0.15) is 4.57 Å². The van der Waals surface area contributed by atoms with Gasteiger partial charge in [-0.25, -0.2) is 8.42 Å². The molecule has 8 heteroatoms. The van der Waals surface area contributed by atoms with Crippen molar-refractivity contribution in [2.24, 2.45) is 0 Å². The van der Waals surface area contributed by atoms with Gasteiger partial charge in [0.2, 0.25) is 5.52 Å². The summed E-state index contributed by atoms with van der Waals surface area (Å²) in [5.74, 6) is 0. The molecule has 0 unspecified atom stereocenters. The van der Waals surface area contributed by atoms with Crippen LogP contribution in [0.5, 0.6) is 0 Å². The molecule has 1 aliphatic heterocycles. The van der Waals surface area contributed by atoms with Gasteiger partial charge in [0.1, 0.15) is 21.4 Å². The highest BCUT2D eigenvalue weighted by Gasteiger charge is 2.24. The van der Waals surface area contributed by atoms with Crippen molar-refractivity contribution < 1.29 is 17.5 Å². The lowest BCUT2D eigenvalue weighted by Gasteiger charge is -2.18. The van der Waals surface area contributed by atoms with Crippen molar-refractivity contribution >= 4 is 76.7 Å². The third kappa shape index (κ3) is 6.16. The summed E-state index contributed by atoms with van der Waals surface area (Å²) >= 11 is 3.74. The van der Waals surface area contributed by atoms with E-state index in [1.807, 2.05) is 30.0 Å². The molecule has 0 aliphatic carbocycles. The Hall–Kier alpha value is -3.95. The van der Waals surface area contributed by atoms with Crippen LogP contribution in [0.4, 0.5) is 5.69 Å². The number of aryl methyl sites for hydroxylation is 2. The zero-order chi connectivity index (χ0) is 30.8. The Labute approximate surface area is 266 Å². The minimum atomic E-state index is -4.27. The van der Waals surface area contributed by atoms with Gasteiger partial charge in [0.15, 0.2) is 0 Å². The maximum absolute atomic E-state index is 10.4. The van der Waals surface area contributed by atoms with E-state index in [1.165, 1.54) is 64.5 Å². The van der Waals surface area contributed by atoms with E-state index in [0.29, 0.717) is 0 Å². The van der Waals surface area contributed by atoms with Crippen LogP contribution in [0.3, 0.4) is 0 Å². The second-order valence-electron chi connectivity index (χ2n) is 10.5. The molecule has 0 saturated heterocycles. The predicted octanol–water partition coefficient (Wildman–Crippen LogP) is 8.90. The summed E-state index contributed by atoms with van der Waals surface area (Å²) in [4.78, 5) is 3.58. The highest BCUT2D eigenvalue weighted by molar-refractivity contribution is 8.03. The first-order chi connectivity index (χ1) is 21.2. The number of nitrogens with zero attached hydrogens (tertiary/aromatic N) is 2. The van der Waals surface area contributed by atoms with Crippen molar-refractivity contribution in [1.29, 1.82) is 0 Å². The molecule has 0 bridgehead atoms. The van der Waals surface area contributed by atoms with Gasteiger partial charge < -0.3 is 9.45 Å². The van der Waals surface area contributed by atoms with Crippen LogP contribution in [0.2, 0.25) is 0 Å². The molecular weight excluding hydrogens is 605 g/mol. The third-order valence-corrected chi connectivity index (χ3v) is 10.7. The van der Waals surface area contributed by atoms with Crippen LogP contribution in [-0.2, 0) is 16.7 Å². The van der Waals surface area contributed by atoms with Crippen molar-refractivity contribution in [1.82, 2.24) is 0 Å². The smallest absolute Gasteiger partial charge is 0.262 e. The Morgan fingerprint density at radius 2 is 1.45 bits per heavy atom. The average molecular weight is 637 g/mol. The van der Waals surface area contributed by atoms with Crippen LogP contribution in [0.1, 0.15) is 24.4 Å². The highest BCUT2D eigenvalue weighted by Crippen LogP contribution is 2.47. The number of hydrogen-bond acceptors (Lipinski definition) is 6. The fraction of sp³-hybridized carbons (Fsp3) is 0.139. The molecule has 0 amide bonds. The number of aromatic nitrogens is 1. The Balaban J connectivity index is 0.000000265. The van der Waals surface area contributed by atoms with Gasteiger partial charge in [0, 0.05) is 23.6 Å². The monoisotopic (exact) mass is 636 g/mol. The zero-order valence-electron chi connectivity index (χ0n) is 24.7. The van der Waals surface area contributed by atoms with E-state index in [2.05, 4.69) is 114 Å². The van der Waals surface area contributed by atoms with E-state index in [9.17, 15) is 13.0 Å². The second-order valence-corrected chi connectivity index (χ2v) is 14.0. The molecule has 7 rings (SSSR count). The molecule has 0 N–H and O–H groups in total. The van der Waals surface area contributed by atoms with Gasteiger partial charge in [-0.15, -0.1) is 0 Å². The molecule has 2 heterocycles. The Morgan fingerprint density at radius 3 is 2.07 bits per heavy atom. The molecule has 5 aromatic carbocycles. The van der Waals surface area contributed by atoms with E-state index < -0.39 is 10.1 Å². The number of allylic oxidation sites excluding steroid dienone is 2. The van der Waals surface area contributed by atoms with Crippen molar-refractivity contribution in [3.8, 4) is 0 Å². The molecular formula is C36H32N2O3S3. The first-order valence-corrected chi connectivity index (χ1v) is 17.5. The molecule has 1 aromatic heterocycles. The summed E-state index contributed by atoms with van der Waals surface area (Å²) in [6.07, 6.45) is 6.74. The van der Waals surface area contributed by atoms with E-state index in [-0.39, 0.29) is 4.90 Å². The quantitative estimate of drug-likeness (QED) is 0.140. The molecule has 0 radical (unpaired) electrons. The average Bonchev–Trinajstić information content (AvgIpc) is 3.54. The number of thioether (sulfide) groups is 1. The van der Waals surface area contributed by atoms with Crippen molar-refractivity contribution in [3.63, 3.8) is 0 Å². The molecule has 44 heavy (non-hydrogen) atoms. The van der Waals surface area contributed by atoms with E-state index in [0.717, 1.165) is 18.7 Å². The number of rotatable bonds is 5. The first-order valence-electron chi connectivity index (χ1n) is 14.5. The van der Waals surface area contributed by atoms with Gasteiger partial charge in [-0.1, -0.05) is 95.4 Å². The van der Waals surface area contributed by atoms with Crippen molar-refractivity contribution in [2.75, 3.05) is 11.4 Å². The molecule has 222 valence electrons. The molecule has 5 nitrogen and oxygen atoms in total. The summed E-state index contributed by atoms with van der Waals surface area (Å²) in [6.45, 7) is 8.19. The van der Waals surface area contributed by atoms with Crippen LogP contribution in [0.25, 0.3) is 37.8 Å². The maximum atomic E-state index is 10.4. The Kier molecular flexibility index (Phi) is 8.60. The Morgan fingerprint density at radius 1 is 0.841 bits per heavy atom. The van der Waals surface area contributed by atoms with E-state index >= 15 is 0 Å². The minimum Gasteiger partial charge on any atom is -0.744 e. The van der Waals surface area contributed by atoms with Gasteiger partial charge in [-0.05, 0) is 78.7 Å². The van der Waals surface area contributed by atoms with Crippen molar-refractivity contribution in [3.05, 3.63) is 125 Å². The lowest BCUT2D eigenvalue weighted by atomic mass is 10.1. The summed E-state index contributed by atoms with van der Waals surface area (Å²) in [5, 5.41) is 7.78. The molecule has 1 aliphatic rings. The van der Waals surface area contributed by atoms with Crippen LogP contribution in [-0.4, -0.2) is 19.5 Å². The molecule has 0 atom stereocenters. The van der Waals surface area contributed by atoms with Crippen LogP contribution < -0.4 is 9.47 Å². The first kappa shape index (κ1) is 30.1. The topological polar surface area (TPSA) is 64.3 Å². The maximum Gasteiger partial charge on any atom is 0.262 e. The lowest BCUT2D eigenvalue weighted by molar-refractivity contribution is -0.665. The summed E-state index contributed by atoms with van der Waals surface area (Å²) in [6, 6.07) is 32.3. The summed E-state index contributed by atoms with van der Waals surface area (Å²) in [7, 11) is -4.27. The van der Waals surface area contributed by atoms with Gasteiger partial charge in [0.05, 0.1) is 15.6 Å². The van der Waals surface area contributed by atoms with Crippen molar-refractivity contribution in [2.45, 2.75) is 37.1 Å². The van der Waals surface area contributed by atoms with Gasteiger partial charge in [-0.3, -0.25) is 0 Å². The summed E-state index contributed by atoms with van der Waals surface area (Å²) in [5.41, 5.74) is 3.56. The third-order valence-electron chi connectivity index (χ3n) is 7.62. The van der Waals surface area contributed by atoms with E-state index in [1.54, 1.807) is 12.1 Å². The molecule has 0 spiro atoms. The van der Waals surface area contributed by atoms with Gasteiger partial charge in [0.25, 0.3) is 5.01 Å². The second kappa shape index (κ2) is 12.6. The van der Waals surface area contributed by atoms with Crippen LogP contribution >= 0.6 is 23.1 Å². The number of hydrogen-bond donors (Lipinski definition) is 0. The Bertz CT molecular complexity index is 2170. The zero-order valence-corrected chi connectivity index (χ0v) is 27.2. The molecule has 0 saturated carbocycles. The normalized spacial score (nSPS) is 14.1. The molecule has 0 fully saturated rings. The number of benzene rings is 5. The number of thiazole rings is 1. The predicted molar refractivity (Wildman–Crippen MR) is 184 cm³/mol. The molecule has 6 aromatic rings. The minimum absolute atomic E-state index is 0.178. The fourth-order valence-electron chi connectivity index (χ4n) is 5.39. The standard InChI is InChI=1S/C29H25N2S2.C7H8O3S/c1-3-30-24-16-20-10-5-7-12-22(20)18-26(24)32-28(30)14-9-15-29-31(4-2)25-17-21-11-6-8-13-23(21)19-27(25)33-29;1-6-2-4-7(5-3-6)11(8,9)10/h5-19H,3-4H2,1-2H3;2-5H,1H3,(H,8,9,10)/q+1;/p-1. The van der Waals surface area contributed by atoms with Gasteiger partial charge >= 0.3 is 0 Å². The SMILES string of the molecule is CCN1/C(=C/C=C/c2sc3cc4ccccc4cc3[n+]2CC)Sc2cc3ccccc3cc21.Cc1ccc(S(=O)(=O)[O-])cc1. The van der Waals surface area contributed by atoms with E-state index in [4.69, 9.17) is 0 Å². The highest BCUT2D eigenvalue weighted by atomic mass is 32.2. The lowest BCUT2D eigenvalue weighted by Crippen LogP contribution is -2.33.